The molecule has 8 rings (SSSR count). The number of fused-ring (bicyclic) bond motifs is 4. The number of pyridine rings is 1. The number of benzene rings is 3. The quantitative estimate of drug-likeness (QED) is 0.147. The van der Waals surface area contributed by atoms with Crippen LogP contribution in [0.2, 0.25) is 15.1 Å². The van der Waals surface area contributed by atoms with Crippen LogP contribution in [0.5, 0.6) is 11.5 Å². The van der Waals surface area contributed by atoms with Crippen LogP contribution in [0.15, 0.2) is 84.6 Å². The smallest absolute Gasteiger partial charge is 0.417 e. The van der Waals surface area contributed by atoms with E-state index in [1.165, 1.54) is 13.2 Å². The number of amides is 4. The Kier molecular flexibility index (Phi) is 9.13. The molecule has 2 aliphatic heterocycles. The summed E-state index contributed by atoms with van der Waals surface area (Å²) in [6, 6.07) is 16.3. The van der Waals surface area contributed by atoms with Crippen molar-refractivity contribution >= 4 is 69.9 Å². The van der Waals surface area contributed by atoms with Crippen molar-refractivity contribution in [2.75, 3.05) is 17.4 Å². The maximum atomic E-state index is 15.4. The first-order chi connectivity index (χ1) is 26.6. The van der Waals surface area contributed by atoms with Crippen LogP contribution in [0.3, 0.4) is 0 Å². The molecule has 0 radical (unpaired) electrons. The van der Waals surface area contributed by atoms with Crippen molar-refractivity contribution in [3.05, 3.63) is 122 Å². The number of rotatable bonds is 6. The normalized spacial score (nSPS) is 25.9. The van der Waals surface area contributed by atoms with Crippen molar-refractivity contribution in [1.29, 1.82) is 0 Å². The number of nitrogens with zero attached hydrogens (tertiary/aromatic N) is 3. The first kappa shape index (κ1) is 37.8. The van der Waals surface area contributed by atoms with Gasteiger partial charge in [-0.05, 0) is 79.3 Å². The Bertz CT molecular complexity index is 2390. The Morgan fingerprint density at radius 3 is 2.32 bits per heavy atom. The maximum absolute atomic E-state index is 15.4. The number of methoxy groups -OCH3 is 1. The number of imide groups is 2. The number of allylic oxidation sites excluding steroid dienone is 2. The highest BCUT2D eigenvalue weighted by atomic mass is 35.5. The number of phenols is 1. The van der Waals surface area contributed by atoms with Crippen LogP contribution in [0.4, 0.5) is 24.7 Å². The number of hydrogen-bond acceptors (Lipinski definition) is 8. The topological polar surface area (TPSA) is 129 Å². The molecule has 2 saturated heterocycles. The number of phenolic OH excluding ortho intramolecular Hbond substituents is 1. The molecular weight excluding hydrogens is 796 g/mol. The van der Waals surface area contributed by atoms with Gasteiger partial charge in [-0.15, -0.1) is 0 Å². The van der Waals surface area contributed by atoms with Gasteiger partial charge in [-0.1, -0.05) is 70.7 Å². The molecule has 3 aromatic carbocycles. The van der Waals surface area contributed by atoms with Gasteiger partial charge in [-0.2, -0.15) is 18.2 Å². The fourth-order valence-electron chi connectivity index (χ4n) is 9.07. The van der Waals surface area contributed by atoms with Gasteiger partial charge in [0, 0.05) is 27.7 Å². The van der Waals surface area contributed by atoms with E-state index < -0.39 is 81.2 Å². The third-order valence-corrected chi connectivity index (χ3v) is 12.5. The average Bonchev–Trinajstić information content (AvgIpc) is 3.54. The Labute approximate surface area is 332 Å². The second kappa shape index (κ2) is 13.5. The molecule has 288 valence electrons. The van der Waals surface area contributed by atoms with Crippen LogP contribution in [0.25, 0.3) is 0 Å². The largest absolute Gasteiger partial charge is 0.508 e. The summed E-state index contributed by atoms with van der Waals surface area (Å²) in [4.78, 5) is 63.9. The number of carbonyl (C=O) groups is 4. The van der Waals surface area contributed by atoms with Gasteiger partial charge in [0.1, 0.15) is 11.5 Å². The summed E-state index contributed by atoms with van der Waals surface area (Å²) < 4.78 is 46.3. The molecule has 6 atom stereocenters. The number of aromatic nitrogens is 1. The van der Waals surface area contributed by atoms with E-state index in [1.807, 2.05) is 0 Å². The number of nitrogens with one attached hydrogen (secondary N) is 1. The molecular formula is C40H30Cl3F3N4O6. The predicted octanol–water partition coefficient (Wildman–Crippen LogP) is 8.27. The molecule has 2 N–H and O–H groups in total. The van der Waals surface area contributed by atoms with Gasteiger partial charge in [-0.3, -0.25) is 24.6 Å². The molecule has 16 heteroatoms. The number of carbonyl (C=O) groups excluding carboxylic acids is 4. The summed E-state index contributed by atoms with van der Waals surface area (Å²) in [6.07, 6.45) is -2.46. The molecule has 4 amide bonds. The van der Waals surface area contributed by atoms with Crippen LogP contribution in [0.1, 0.15) is 41.0 Å². The maximum Gasteiger partial charge on any atom is 0.417 e. The summed E-state index contributed by atoms with van der Waals surface area (Å²) in [5.74, 6) is -8.15. The zero-order chi connectivity index (χ0) is 40.0. The van der Waals surface area contributed by atoms with Gasteiger partial charge in [0.05, 0.1) is 46.6 Å². The highest BCUT2D eigenvalue weighted by molar-refractivity contribution is 6.33. The molecule has 1 saturated carbocycles. The lowest BCUT2D eigenvalue weighted by Gasteiger charge is -2.50. The van der Waals surface area contributed by atoms with Gasteiger partial charge in [-0.25, -0.2) is 9.88 Å². The van der Waals surface area contributed by atoms with Crippen molar-refractivity contribution < 1.29 is 42.2 Å². The van der Waals surface area contributed by atoms with E-state index in [0.717, 1.165) is 10.5 Å². The number of halogens is 6. The minimum absolute atomic E-state index is 0.0973. The summed E-state index contributed by atoms with van der Waals surface area (Å²) in [6.45, 7) is 1.79. The molecule has 4 aliphatic rings. The lowest BCUT2D eigenvalue weighted by Crippen LogP contribution is -2.53. The number of ether oxygens (including phenoxy) is 1. The summed E-state index contributed by atoms with van der Waals surface area (Å²) in [7, 11) is 1.38. The molecule has 1 aromatic heterocycles. The number of aromatic hydroxyl groups is 1. The first-order valence-electron chi connectivity index (χ1n) is 17.4. The fourth-order valence-corrected chi connectivity index (χ4v) is 9.58. The van der Waals surface area contributed by atoms with Crippen molar-refractivity contribution in [1.82, 2.24) is 9.99 Å². The third kappa shape index (κ3) is 5.57. The molecule has 4 aromatic rings. The molecule has 6 unspecified atom stereocenters. The number of hydrazine groups is 1. The second-order valence-electron chi connectivity index (χ2n) is 14.3. The third-order valence-electron chi connectivity index (χ3n) is 11.5. The fraction of sp³-hybridized carbons (Fsp3) is 0.275. The summed E-state index contributed by atoms with van der Waals surface area (Å²) >= 11 is 19.0. The highest BCUT2D eigenvalue weighted by Crippen LogP contribution is 2.66. The molecule has 56 heavy (non-hydrogen) atoms. The number of aryl methyl sites for hydroxylation is 1. The molecule has 0 spiro atoms. The van der Waals surface area contributed by atoms with E-state index in [4.69, 9.17) is 39.5 Å². The van der Waals surface area contributed by atoms with E-state index >= 15 is 4.79 Å². The van der Waals surface area contributed by atoms with Crippen LogP contribution in [-0.2, 0) is 30.8 Å². The molecule has 0 bridgehead atoms. The second-order valence-corrected chi connectivity index (χ2v) is 15.5. The minimum atomic E-state index is -4.77. The van der Waals surface area contributed by atoms with E-state index in [2.05, 4.69) is 10.4 Å². The highest BCUT2D eigenvalue weighted by Gasteiger charge is 2.71. The van der Waals surface area contributed by atoms with Gasteiger partial charge >= 0.3 is 6.18 Å². The van der Waals surface area contributed by atoms with Crippen LogP contribution in [-0.4, -0.2) is 45.8 Å². The Balaban J connectivity index is 1.33. The zero-order valence-electron chi connectivity index (χ0n) is 29.4. The van der Waals surface area contributed by atoms with Crippen molar-refractivity contribution in [2.45, 2.75) is 37.3 Å². The molecule has 3 heterocycles. The molecule has 2 aliphatic carbocycles. The van der Waals surface area contributed by atoms with E-state index in [-0.39, 0.29) is 29.9 Å². The Morgan fingerprint density at radius 1 is 0.929 bits per heavy atom. The van der Waals surface area contributed by atoms with Crippen molar-refractivity contribution in [2.24, 2.45) is 23.7 Å². The van der Waals surface area contributed by atoms with Crippen LogP contribution >= 0.6 is 34.8 Å². The van der Waals surface area contributed by atoms with Gasteiger partial charge in [0.25, 0.3) is 11.8 Å². The van der Waals surface area contributed by atoms with E-state index in [1.54, 1.807) is 67.6 Å². The van der Waals surface area contributed by atoms with Gasteiger partial charge < -0.3 is 9.84 Å². The Morgan fingerprint density at radius 2 is 1.66 bits per heavy atom. The summed E-state index contributed by atoms with van der Waals surface area (Å²) in [5.41, 5.74) is 1.61. The summed E-state index contributed by atoms with van der Waals surface area (Å²) in [5, 5.41) is 12.5. The van der Waals surface area contributed by atoms with Crippen LogP contribution < -0.4 is 15.1 Å². The Hall–Kier alpha value is -5.11. The zero-order valence-corrected chi connectivity index (χ0v) is 31.7. The average molecular weight is 826 g/mol. The minimum Gasteiger partial charge on any atom is -0.508 e. The van der Waals surface area contributed by atoms with E-state index in [0.29, 0.717) is 44.1 Å². The lowest BCUT2D eigenvalue weighted by atomic mass is 9.49. The first-order valence-corrected chi connectivity index (χ1v) is 18.6. The van der Waals surface area contributed by atoms with Crippen LogP contribution in [0, 0.1) is 30.6 Å². The van der Waals surface area contributed by atoms with Crippen molar-refractivity contribution in [3.8, 4) is 11.5 Å². The van der Waals surface area contributed by atoms with E-state index in [9.17, 15) is 32.7 Å². The predicted molar refractivity (Wildman–Crippen MR) is 200 cm³/mol. The standard InChI is InChI=1S/C40H30Cl3F3N4O6/c1-18-6-11-22(15-27(18)42)49-35(52)24-13-12-23-25(31(24)37(49)54)16-26-36(53)50(48-34-28(43)14-20(17-47-34)40(44,45)46)38(55)39(26,19-7-9-21(41)10-8-19)33(23)32-29(51)4-3-5-30(32)56-2/h3-12,14-15,17,24-26,31,33,51H,13,16H2,1-2H3,(H,47,48). The molecule has 3 fully saturated rings. The monoisotopic (exact) mass is 824 g/mol. The van der Waals surface area contributed by atoms with Crippen molar-refractivity contribution in [3.63, 3.8) is 0 Å². The lowest BCUT2D eigenvalue weighted by molar-refractivity contribution is -0.139. The number of hydrogen-bond donors (Lipinski definition) is 2. The van der Waals surface area contributed by atoms with Gasteiger partial charge in [0.15, 0.2) is 5.82 Å². The number of alkyl halides is 3. The molecule has 10 nitrogen and oxygen atoms in total. The number of anilines is 2. The van der Waals surface area contributed by atoms with Gasteiger partial charge in [0.2, 0.25) is 11.8 Å². The SMILES string of the molecule is COc1cccc(O)c1C1C2=CCC3C(=O)N(c4ccc(C)c(Cl)c4)C(=O)C3C2CC2C(=O)N(Nc3ncc(C(F)(F)F)cc3Cl)C(=O)C21c1ccc(Cl)cc1.